The first kappa shape index (κ1) is 16.5. The Kier molecular flexibility index (Phi) is 4.79. The summed E-state index contributed by atoms with van der Waals surface area (Å²) in [6, 6.07) is 5.53. The van der Waals surface area contributed by atoms with Crippen molar-refractivity contribution in [3.63, 3.8) is 0 Å². The number of rotatable bonds is 3. The Balaban J connectivity index is 2.43. The molecule has 1 aliphatic carbocycles. The topological polar surface area (TPSA) is 46.2 Å². The summed E-state index contributed by atoms with van der Waals surface area (Å²) in [5.74, 6) is 0.751. The van der Waals surface area contributed by atoms with Crippen molar-refractivity contribution in [2.75, 3.05) is 7.05 Å². The molecule has 4 heteroatoms. The van der Waals surface area contributed by atoms with Crippen molar-refractivity contribution in [2.24, 2.45) is 11.8 Å². The highest BCUT2D eigenvalue weighted by Gasteiger charge is 2.42. The molecule has 1 aliphatic rings. The molecule has 0 radical (unpaired) electrons. The quantitative estimate of drug-likeness (QED) is 0.933. The minimum absolute atomic E-state index is 0.0374. The number of benzene rings is 1. The van der Waals surface area contributed by atoms with E-state index in [-0.39, 0.29) is 17.2 Å². The summed E-state index contributed by atoms with van der Waals surface area (Å²) in [5, 5.41) is 2.90. The summed E-state index contributed by atoms with van der Waals surface area (Å²) in [6.45, 7) is 8.26. The van der Waals surface area contributed by atoms with E-state index in [0.29, 0.717) is 10.8 Å². The number of sulfone groups is 1. The molecule has 0 aliphatic heterocycles. The van der Waals surface area contributed by atoms with E-state index in [9.17, 15) is 8.42 Å². The largest absolute Gasteiger partial charge is 0.316 e. The summed E-state index contributed by atoms with van der Waals surface area (Å²) in [6.07, 6.45) is 1.91. The second kappa shape index (κ2) is 6.09. The Hall–Kier alpha value is -0.870. The monoisotopic (exact) mass is 309 g/mol. The van der Waals surface area contributed by atoms with Crippen LogP contribution in [0.5, 0.6) is 0 Å². The summed E-state index contributed by atoms with van der Waals surface area (Å²) in [7, 11) is -1.42. The van der Waals surface area contributed by atoms with Crippen LogP contribution in [0.25, 0.3) is 0 Å². The second-order valence-corrected chi connectivity index (χ2v) is 8.81. The number of nitrogens with one attached hydrogen (secondary N) is 1. The molecule has 0 heterocycles. The zero-order valence-corrected chi connectivity index (χ0v) is 14.5. The molecule has 0 aromatic heterocycles. The lowest BCUT2D eigenvalue weighted by Crippen LogP contribution is -2.50. The van der Waals surface area contributed by atoms with Gasteiger partial charge in [0, 0.05) is 6.04 Å². The third-order valence-electron chi connectivity index (χ3n) is 4.92. The molecule has 21 heavy (non-hydrogen) atoms. The third kappa shape index (κ3) is 3.16. The van der Waals surface area contributed by atoms with Crippen LogP contribution in [0.4, 0.5) is 0 Å². The normalized spacial score (nSPS) is 30.3. The van der Waals surface area contributed by atoms with Gasteiger partial charge in [-0.1, -0.05) is 19.9 Å². The predicted molar refractivity (Wildman–Crippen MR) is 87.3 cm³/mol. The summed E-state index contributed by atoms with van der Waals surface area (Å²) in [5.41, 5.74) is 2.17. The molecule has 3 nitrogen and oxygen atoms in total. The van der Waals surface area contributed by atoms with Gasteiger partial charge in [0.15, 0.2) is 9.84 Å². The molecule has 1 N–H and O–H groups in total. The molecule has 4 atom stereocenters. The average molecular weight is 309 g/mol. The molecule has 1 fully saturated rings. The van der Waals surface area contributed by atoms with E-state index in [1.54, 1.807) is 6.07 Å². The van der Waals surface area contributed by atoms with Crippen LogP contribution in [0.1, 0.15) is 37.8 Å². The third-order valence-corrected chi connectivity index (χ3v) is 7.34. The van der Waals surface area contributed by atoms with Crippen LogP contribution in [0.3, 0.4) is 0 Å². The lowest BCUT2D eigenvalue weighted by Gasteiger charge is -2.39. The van der Waals surface area contributed by atoms with Crippen LogP contribution < -0.4 is 5.32 Å². The summed E-state index contributed by atoms with van der Waals surface area (Å²) >= 11 is 0. The van der Waals surface area contributed by atoms with Crippen LogP contribution in [0.15, 0.2) is 23.1 Å². The zero-order chi connectivity index (χ0) is 15.8. The zero-order valence-electron chi connectivity index (χ0n) is 13.7. The fraction of sp³-hybridized carbons (Fsp3) is 0.647. The Morgan fingerprint density at radius 3 is 2.33 bits per heavy atom. The van der Waals surface area contributed by atoms with Gasteiger partial charge in [-0.25, -0.2) is 8.42 Å². The average Bonchev–Trinajstić information content (AvgIpc) is 2.40. The molecule has 0 bridgehead atoms. The van der Waals surface area contributed by atoms with E-state index < -0.39 is 9.84 Å². The Bertz CT molecular complexity index is 609. The number of hydrogen-bond acceptors (Lipinski definition) is 3. The van der Waals surface area contributed by atoms with Gasteiger partial charge in [0.1, 0.15) is 0 Å². The minimum atomic E-state index is -3.30. The first-order chi connectivity index (χ1) is 9.77. The van der Waals surface area contributed by atoms with E-state index in [0.717, 1.165) is 24.0 Å². The molecule has 4 unspecified atom stereocenters. The molecule has 1 aromatic carbocycles. The van der Waals surface area contributed by atoms with Crippen molar-refractivity contribution in [2.45, 2.75) is 56.7 Å². The lowest BCUT2D eigenvalue weighted by atomic mass is 9.80. The number of hydrogen-bond donors (Lipinski definition) is 1. The van der Waals surface area contributed by atoms with Gasteiger partial charge in [-0.2, -0.15) is 0 Å². The molecule has 1 aromatic rings. The van der Waals surface area contributed by atoms with E-state index >= 15 is 0 Å². The van der Waals surface area contributed by atoms with Crippen LogP contribution in [0.2, 0.25) is 0 Å². The highest BCUT2D eigenvalue weighted by molar-refractivity contribution is 7.92. The fourth-order valence-electron chi connectivity index (χ4n) is 3.68. The van der Waals surface area contributed by atoms with Crippen LogP contribution >= 0.6 is 0 Å². The molecular formula is C17H27NO2S. The molecule has 2 rings (SSSR count). The molecule has 1 saturated carbocycles. The predicted octanol–water partition coefficient (Wildman–Crippen LogP) is 3.10. The van der Waals surface area contributed by atoms with E-state index in [1.165, 1.54) is 0 Å². The van der Waals surface area contributed by atoms with Crippen LogP contribution in [0, 0.1) is 25.7 Å². The first-order valence-corrected chi connectivity index (χ1v) is 9.30. The van der Waals surface area contributed by atoms with Crippen molar-refractivity contribution in [1.82, 2.24) is 5.32 Å². The number of aryl methyl sites for hydroxylation is 2. The van der Waals surface area contributed by atoms with Gasteiger partial charge in [-0.05, 0) is 68.8 Å². The van der Waals surface area contributed by atoms with Crippen molar-refractivity contribution >= 4 is 9.84 Å². The maximum absolute atomic E-state index is 13.1. The fourth-order valence-corrected chi connectivity index (χ4v) is 6.00. The Morgan fingerprint density at radius 2 is 1.76 bits per heavy atom. The van der Waals surface area contributed by atoms with Gasteiger partial charge < -0.3 is 5.32 Å². The Labute approximate surface area is 129 Å². The van der Waals surface area contributed by atoms with Crippen LogP contribution in [-0.2, 0) is 9.84 Å². The van der Waals surface area contributed by atoms with Gasteiger partial charge in [0.05, 0.1) is 10.1 Å². The second-order valence-electron chi connectivity index (χ2n) is 6.70. The van der Waals surface area contributed by atoms with Gasteiger partial charge in [0.2, 0.25) is 0 Å². The van der Waals surface area contributed by atoms with Crippen molar-refractivity contribution in [3.05, 3.63) is 29.3 Å². The van der Waals surface area contributed by atoms with Crippen molar-refractivity contribution in [1.29, 1.82) is 0 Å². The van der Waals surface area contributed by atoms with Crippen molar-refractivity contribution < 1.29 is 8.42 Å². The molecule has 118 valence electrons. The highest BCUT2D eigenvalue weighted by atomic mass is 32.2. The first-order valence-electron chi connectivity index (χ1n) is 7.75. The van der Waals surface area contributed by atoms with E-state index in [4.69, 9.17) is 0 Å². The minimum Gasteiger partial charge on any atom is -0.316 e. The molecule has 0 saturated heterocycles. The maximum Gasteiger partial charge on any atom is 0.183 e. The maximum atomic E-state index is 13.1. The SMILES string of the molecule is CNC1CC(C)CC(C)C1S(=O)(=O)c1ccc(C)c(C)c1. The Morgan fingerprint density at radius 1 is 1.10 bits per heavy atom. The summed E-state index contributed by atoms with van der Waals surface area (Å²) in [4.78, 5) is 0.470. The van der Waals surface area contributed by atoms with Crippen molar-refractivity contribution in [3.8, 4) is 0 Å². The van der Waals surface area contributed by atoms with Gasteiger partial charge in [0.25, 0.3) is 0 Å². The summed E-state index contributed by atoms with van der Waals surface area (Å²) < 4.78 is 26.2. The highest BCUT2D eigenvalue weighted by Crippen LogP contribution is 2.36. The van der Waals surface area contributed by atoms with Crippen LogP contribution in [-0.4, -0.2) is 26.8 Å². The van der Waals surface area contributed by atoms with Gasteiger partial charge >= 0.3 is 0 Å². The van der Waals surface area contributed by atoms with E-state index in [2.05, 4.69) is 19.2 Å². The smallest absolute Gasteiger partial charge is 0.183 e. The molecule has 0 amide bonds. The van der Waals surface area contributed by atoms with E-state index in [1.807, 2.05) is 33.0 Å². The molecular weight excluding hydrogens is 282 g/mol. The molecule has 0 spiro atoms. The lowest BCUT2D eigenvalue weighted by molar-refractivity contribution is 0.249. The van der Waals surface area contributed by atoms with Gasteiger partial charge in [-0.3, -0.25) is 0 Å². The van der Waals surface area contributed by atoms with Gasteiger partial charge in [-0.15, -0.1) is 0 Å². The standard InChI is InChI=1S/C17H27NO2S/c1-11-8-14(4)17(16(9-11)18-5)21(19,20)15-7-6-12(2)13(3)10-15/h6-7,10-11,14,16-18H,8-9H2,1-5H3.